The van der Waals surface area contributed by atoms with Crippen LogP contribution in [-0.2, 0) is 12.3 Å². The van der Waals surface area contributed by atoms with Crippen LogP contribution in [0.3, 0.4) is 0 Å². The van der Waals surface area contributed by atoms with Crippen molar-refractivity contribution in [3.63, 3.8) is 0 Å². The zero-order valence-corrected chi connectivity index (χ0v) is 19.8. The largest absolute Gasteiger partial charge is 0.423 e. The van der Waals surface area contributed by atoms with Gasteiger partial charge in [0.15, 0.2) is 11.0 Å². The lowest BCUT2D eigenvalue weighted by molar-refractivity contribution is 0.559. The van der Waals surface area contributed by atoms with Crippen LogP contribution in [0.5, 0.6) is 0 Å². The van der Waals surface area contributed by atoms with Crippen LogP contribution in [0.1, 0.15) is 36.5 Å². The molecule has 0 spiro atoms. The van der Waals surface area contributed by atoms with E-state index in [1.807, 2.05) is 47.9 Å². The summed E-state index contributed by atoms with van der Waals surface area (Å²) in [5.74, 6) is 1.70. The van der Waals surface area contributed by atoms with E-state index < -0.39 is 0 Å². The van der Waals surface area contributed by atoms with E-state index in [1.54, 1.807) is 6.07 Å². The SMILES string of the molecule is C=CCn1c(SCc2cc(=O)oc3cc(C)c(C(C)C)cc23)nnc1-c1ccc(Cl)cc1. The standard InChI is InChI=1S/C25H24ClN3O2S/c1-5-10-29-24(17-6-8-19(26)9-7-17)27-28-25(29)32-14-18-12-23(30)31-22-11-16(4)20(15(2)3)13-21(18)22/h5-9,11-13,15H,1,10,14H2,2-4H3. The van der Waals surface area contributed by atoms with Gasteiger partial charge in [-0.2, -0.15) is 0 Å². The average Bonchev–Trinajstić information content (AvgIpc) is 3.14. The third-order valence-corrected chi connectivity index (χ3v) is 6.59. The number of aryl methyl sites for hydroxylation is 1. The Kier molecular flexibility index (Phi) is 6.53. The molecule has 0 aliphatic rings. The maximum atomic E-state index is 12.2. The van der Waals surface area contributed by atoms with E-state index in [2.05, 4.69) is 36.7 Å². The van der Waals surface area contributed by atoms with Gasteiger partial charge in [0.1, 0.15) is 5.58 Å². The molecule has 2 heterocycles. The minimum atomic E-state index is -0.348. The minimum Gasteiger partial charge on any atom is -0.423 e. The molecule has 0 saturated carbocycles. The maximum Gasteiger partial charge on any atom is 0.336 e. The maximum absolute atomic E-state index is 12.2. The predicted molar refractivity (Wildman–Crippen MR) is 132 cm³/mol. The number of benzene rings is 2. The van der Waals surface area contributed by atoms with Crippen molar-refractivity contribution in [1.29, 1.82) is 0 Å². The minimum absolute atomic E-state index is 0.348. The fraction of sp³-hybridized carbons (Fsp3) is 0.240. The van der Waals surface area contributed by atoms with Crippen LogP contribution in [-0.4, -0.2) is 14.8 Å². The van der Waals surface area contributed by atoms with Gasteiger partial charge in [0, 0.05) is 34.3 Å². The van der Waals surface area contributed by atoms with E-state index in [-0.39, 0.29) is 5.63 Å². The number of hydrogen-bond acceptors (Lipinski definition) is 5. The zero-order chi connectivity index (χ0) is 22.8. The quantitative estimate of drug-likeness (QED) is 0.174. The number of thioether (sulfide) groups is 1. The molecular weight excluding hydrogens is 442 g/mol. The van der Waals surface area contributed by atoms with E-state index >= 15 is 0 Å². The number of nitrogens with zero attached hydrogens (tertiary/aromatic N) is 3. The van der Waals surface area contributed by atoms with E-state index in [1.165, 1.54) is 17.3 Å². The van der Waals surface area contributed by atoms with Crippen molar-refractivity contribution in [3.05, 3.63) is 87.3 Å². The molecule has 0 atom stereocenters. The number of halogens is 1. The molecule has 32 heavy (non-hydrogen) atoms. The highest BCUT2D eigenvalue weighted by Crippen LogP contribution is 2.31. The Morgan fingerprint density at radius 2 is 1.94 bits per heavy atom. The second-order valence-corrected chi connectivity index (χ2v) is 9.33. The summed E-state index contributed by atoms with van der Waals surface area (Å²) in [7, 11) is 0. The molecule has 0 aliphatic carbocycles. The summed E-state index contributed by atoms with van der Waals surface area (Å²) in [6, 6.07) is 13.2. The molecule has 0 N–H and O–H groups in total. The summed E-state index contributed by atoms with van der Waals surface area (Å²) in [6.07, 6.45) is 1.82. The van der Waals surface area contributed by atoms with Gasteiger partial charge in [-0.15, -0.1) is 16.8 Å². The molecule has 0 bridgehead atoms. The van der Waals surface area contributed by atoms with Gasteiger partial charge in [-0.1, -0.05) is 43.3 Å². The molecule has 2 aromatic carbocycles. The summed E-state index contributed by atoms with van der Waals surface area (Å²) < 4.78 is 7.49. The van der Waals surface area contributed by atoms with Gasteiger partial charge in [-0.05, 0) is 65.9 Å². The van der Waals surface area contributed by atoms with Gasteiger partial charge in [-0.3, -0.25) is 4.57 Å². The number of aromatic nitrogens is 3. The number of fused-ring (bicyclic) bond motifs is 1. The number of hydrogen-bond donors (Lipinski definition) is 0. The Morgan fingerprint density at radius 3 is 2.62 bits per heavy atom. The molecule has 0 radical (unpaired) electrons. The first-order valence-electron chi connectivity index (χ1n) is 10.4. The van der Waals surface area contributed by atoms with Gasteiger partial charge in [0.2, 0.25) is 0 Å². The molecular formula is C25H24ClN3O2S. The summed E-state index contributed by atoms with van der Waals surface area (Å²) in [5, 5.41) is 11.2. The summed E-state index contributed by atoms with van der Waals surface area (Å²) in [4.78, 5) is 12.2. The molecule has 0 unspecified atom stereocenters. The molecule has 0 saturated heterocycles. The molecule has 0 fully saturated rings. The zero-order valence-electron chi connectivity index (χ0n) is 18.3. The topological polar surface area (TPSA) is 60.9 Å². The Balaban J connectivity index is 1.70. The molecule has 5 nitrogen and oxygen atoms in total. The molecule has 4 aromatic rings. The average molecular weight is 466 g/mol. The lowest BCUT2D eigenvalue weighted by Gasteiger charge is -2.13. The molecule has 0 amide bonds. The molecule has 2 aromatic heterocycles. The van der Waals surface area contributed by atoms with Gasteiger partial charge < -0.3 is 4.42 Å². The smallest absolute Gasteiger partial charge is 0.336 e. The lowest BCUT2D eigenvalue weighted by atomic mass is 9.95. The van der Waals surface area contributed by atoms with E-state index in [4.69, 9.17) is 16.0 Å². The van der Waals surface area contributed by atoms with Crippen LogP contribution in [0, 0.1) is 6.92 Å². The second kappa shape index (κ2) is 9.35. The number of allylic oxidation sites excluding steroid dienone is 1. The molecule has 4 rings (SSSR count). The van der Waals surface area contributed by atoms with Crippen LogP contribution >= 0.6 is 23.4 Å². The highest BCUT2D eigenvalue weighted by atomic mass is 35.5. The fourth-order valence-electron chi connectivity index (χ4n) is 3.78. The lowest BCUT2D eigenvalue weighted by Crippen LogP contribution is -2.03. The van der Waals surface area contributed by atoms with Crippen LogP contribution in [0.2, 0.25) is 5.02 Å². The molecule has 164 valence electrons. The summed E-state index contributed by atoms with van der Waals surface area (Å²) in [6.45, 7) is 10.8. The molecule has 0 aliphatic heterocycles. The van der Waals surface area contributed by atoms with Crippen LogP contribution in [0.4, 0.5) is 0 Å². The van der Waals surface area contributed by atoms with Crippen molar-refractivity contribution < 1.29 is 4.42 Å². The Labute approximate surface area is 196 Å². The number of rotatable bonds is 7. The predicted octanol–water partition coefficient (Wildman–Crippen LogP) is 6.62. The van der Waals surface area contributed by atoms with Gasteiger partial charge in [0.05, 0.1) is 0 Å². The first-order chi connectivity index (χ1) is 15.4. The highest BCUT2D eigenvalue weighted by molar-refractivity contribution is 7.98. The first-order valence-corrected chi connectivity index (χ1v) is 11.7. The Hall–Kier alpha value is -2.83. The normalized spacial score (nSPS) is 11.4. The van der Waals surface area contributed by atoms with Crippen molar-refractivity contribution in [2.75, 3.05) is 0 Å². The fourth-order valence-corrected chi connectivity index (χ4v) is 4.84. The summed E-state index contributed by atoms with van der Waals surface area (Å²) in [5.41, 5.74) is 4.49. The van der Waals surface area contributed by atoms with Crippen LogP contribution in [0.25, 0.3) is 22.4 Å². The second-order valence-electron chi connectivity index (χ2n) is 7.95. The Morgan fingerprint density at radius 1 is 1.19 bits per heavy atom. The van der Waals surface area contributed by atoms with E-state index in [0.29, 0.717) is 28.8 Å². The van der Waals surface area contributed by atoms with Gasteiger partial charge in [-0.25, -0.2) is 4.79 Å². The van der Waals surface area contributed by atoms with Crippen molar-refractivity contribution in [3.8, 4) is 11.4 Å². The third-order valence-electron chi connectivity index (χ3n) is 5.33. The van der Waals surface area contributed by atoms with Crippen molar-refractivity contribution in [2.24, 2.45) is 0 Å². The first kappa shape index (κ1) is 22.4. The van der Waals surface area contributed by atoms with Gasteiger partial charge >= 0.3 is 5.63 Å². The van der Waals surface area contributed by atoms with Crippen molar-refractivity contribution >= 4 is 34.3 Å². The van der Waals surface area contributed by atoms with Gasteiger partial charge in [0.25, 0.3) is 0 Å². The van der Waals surface area contributed by atoms with Crippen molar-refractivity contribution in [2.45, 2.75) is 44.1 Å². The Bertz CT molecular complexity index is 1340. The van der Waals surface area contributed by atoms with Crippen molar-refractivity contribution in [1.82, 2.24) is 14.8 Å². The van der Waals surface area contributed by atoms with E-state index in [0.717, 1.165) is 33.1 Å². The monoisotopic (exact) mass is 465 g/mol. The molecule has 7 heteroatoms. The highest BCUT2D eigenvalue weighted by Gasteiger charge is 2.16. The van der Waals surface area contributed by atoms with E-state index in [9.17, 15) is 4.79 Å². The summed E-state index contributed by atoms with van der Waals surface area (Å²) >= 11 is 7.56. The van der Waals surface area contributed by atoms with Crippen LogP contribution < -0.4 is 5.63 Å². The van der Waals surface area contributed by atoms with Crippen LogP contribution in [0.15, 0.2) is 69.5 Å². The third kappa shape index (κ3) is 4.52.